The number of carbonyl (C=O) groups excluding carboxylic acids is 2. The van der Waals surface area contributed by atoms with Crippen molar-refractivity contribution in [1.29, 1.82) is 0 Å². The predicted octanol–water partition coefficient (Wildman–Crippen LogP) is 3.19. The number of hydrogen-bond donors (Lipinski definition) is 1. The number of alkyl halides is 3. The molecule has 1 aromatic carbocycles. The average molecular weight is 440 g/mol. The van der Waals surface area contributed by atoms with Gasteiger partial charge in [-0.3, -0.25) is 14.4 Å². The first-order valence-electron chi connectivity index (χ1n) is 9.69. The van der Waals surface area contributed by atoms with E-state index in [0.29, 0.717) is 23.5 Å². The highest BCUT2D eigenvalue weighted by Gasteiger charge is 2.35. The molecule has 0 saturated heterocycles. The summed E-state index contributed by atoms with van der Waals surface area (Å²) in [5.41, 5.74) is 2.23. The van der Waals surface area contributed by atoms with Crippen molar-refractivity contribution < 1.29 is 32.6 Å². The molecule has 1 aliphatic rings. The minimum absolute atomic E-state index is 0.0741. The first-order chi connectivity index (χ1) is 14.6. The highest BCUT2D eigenvalue weighted by Crippen LogP contribution is 2.39. The number of hydrogen-bond acceptors (Lipinski definition) is 5. The average Bonchev–Trinajstić information content (AvgIpc) is 3.14. The minimum atomic E-state index is -4.43. The molecular formula is C20H23F3N4O4. The van der Waals surface area contributed by atoms with Crippen LogP contribution in [-0.4, -0.2) is 58.9 Å². The molecule has 31 heavy (non-hydrogen) atoms. The minimum Gasteiger partial charge on any atom is -0.449 e. The summed E-state index contributed by atoms with van der Waals surface area (Å²) in [5.74, 6) is -0.220. The van der Waals surface area contributed by atoms with E-state index >= 15 is 0 Å². The Labute approximate surface area is 176 Å². The maximum atomic E-state index is 12.6. The van der Waals surface area contributed by atoms with Gasteiger partial charge in [0.05, 0.1) is 43.2 Å². The zero-order valence-corrected chi connectivity index (χ0v) is 17.1. The topological polar surface area (TPSA) is 87.9 Å². The van der Waals surface area contributed by atoms with Gasteiger partial charge in [-0.05, 0) is 24.6 Å². The SMILES string of the molecule is CC(=O)N1c2ccc(-c3cnn(CCO)c3)cc2N(C(=O)OCCC(F)(F)F)CC1C. The lowest BCUT2D eigenvalue weighted by Gasteiger charge is -2.40. The Kier molecular flexibility index (Phi) is 6.54. The normalized spacial score (nSPS) is 16.3. The molecule has 1 aliphatic heterocycles. The molecule has 168 valence electrons. The second kappa shape index (κ2) is 8.96. The van der Waals surface area contributed by atoms with Gasteiger partial charge in [-0.15, -0.1) is 0 Å². The van der Waals surface area contributed by atoms with Crippen LogP contribution in [0.2, 0.25) is 0 Å². The molecule has 0 aliphatic carbocycles. The van der Waals surface area contributed by atoms with Crippen LogP contribution < -0.4 is 9.80 Å². The van der Waals surface area contributed by atoms with E-state index in [0.717, 1.165) is 5.56 Å². The van der Waals surface area contributed by atoms with Crippen molar-refractivity contribution in [2.45, 2.75) is 39.0 Å². The molecule has 1 N–H and O–H groups in total. The van der Waals surface area contributed by atoms with Crippen LogP contribution in [0.3, 0.4) is 0 Å². The number of nitrogens with zero attached hydrogens (tertiary/aromatic N) is 4. The van der Waals surface area contributed by atoms with Crippen molar-refractivity contribution in [3.8, 4) is 11.1 Å². The van der Waals surface area contributed by atoms with Gasteiger partial charge in [0.25, 0.3) is 0 Å². The third-order valence-corrected chi connectivity index (χ3v) is 4.88. The molecule has 1 unspecified atom stereocenters. The maximum absolute atomic E-state index is 12.6. The summed E-state index contributed by atoms with van der Waals surface area (Å²) in [4.78, 5) is 27.6. The number of rotatable bonds is 5. The van der Waals surface area contributed by atoms with E-state index in [1.54, 1.807) is 42.2 Å². The number of aliphatic hydroxyl groups excluding tert-OH is 1. The van der Waals surface area contributed by atoms with E-state index in [9.17, 15) is 22.8 Å². The Morgan fingerprint density at radius 2 is 2.00 bits per heavy atom. The zero-order valence-electron chi connectivity index (χ0n) is 17.1. The lowest BCUT2D eigenvalue weighted by molar-refractivity contribution is -0.141. The molecule has 2 aromatic rings. The third kappa shape index (κ3) is 5.16. The first-order valence-corrected chi connectivity index (χ1v) is 9.69. The number of halogens is 3. The highest BCUT2D eigenvalue weighted by atomic mass is 19.4. The van der Waals surface area contributed by atoms with E-state index in [1.807, 2.05) is 0 Å². The molecule has 1 atom stereocenters. The van der Waals surface area contributed by atoms with Gasteiger partial charge in [0, 0.05) is 25.2 Å². The molecule has 0 saturated carbocycles. The lowest BCUT2D eigenvalue weighted by Crippen LogP contribution is -2.51. The fraction of sp³-hybridized carbons (Fsp3) is 0.450. The lowest BCUT2D eigenvalue weighted by atomic mass is 10.0. The summed E-state index contributed by atoms with van der Waals surface area (Å²) in [6.45, 7) is 2.68. The standard InChI is InChI=1S/C20H23F3N4O4/c1-13-11-26(19(30)31-8-5-20(21,22)23)18-9-15(3-4-17(18)27(13)14(2)29)16-10-24-25(12-16)6-7-28/h3-4,9-10,12-13,28H,5-8,11H2,1-2H3. The van der Waals surface area contributed by atoms with Crippen LogP contribution in [0.1, 0.15) is 20.3 Å². The van der Waals surface area contributed by atoms with Gasteiger partial charge < -0.3 is 14.7 Å². The fourth-order valence-corrected chi connectivity index (χ4v) is 3.53. The van der Waals surface area contributed by atoms with Gasteiger partial charge in [-0.2, -0.15) is 18.3 Å². The molecule has 0 fully saturated rings. The molecule has 8 nitrogen and oxygen atoms in total. The van der Waals surface area contributed by atoms with Crippen molar-refractivity contribution in [3.05, 3.63) is 30.6 Å². The number of fused-ring (bicyclic) bond motifs is 1. The Morgan fingerprint density at radius 3 is 2.65 bits per heavy atom. The third-order valence-electron chi connectivity index (χ3n) is 4.88. The van der Waals surface area contributed by atoms with Gasteiger partial charge in [-0.25, -0.2) is 4.79 Å². The Bertz CT molecular complexity index is 960. The second-order valence-electron chi connectivity index (χ2n) is 7.25. The van der Waals surface area contributed by atoms with Crippen LogP contribution in [0.25, 0.3) is 11.1 Å². The van der Waals surface area contributed by atoms with Crippen LogP contribution in [0.4, 0.5) is 29.3 Å². The Hall–Kier alpha value is -3.08. The van der Waals surface area contributed by atoms with Gasteiger partial charge in [-0.1, -0.05) is 6.07 Å². The van der Waals surface area contributed by atoms with Crippen LogP contribution >= 0.6 is 0 Å². The number of anilines is 2. The second-order valence-corrected chi connectivity index (χ2v) is 7.25. The summed E-state index contributed by atoms with van der Waals surface area (Å²) >= 11 is 0. The van der Waals surface area contributed by atoms with Crippen LogP contribution in [0.15, 0.2) is 30.6 Å². The smallest absolute Gasteiger partial charge is 0.414 e. The number of aliphatic hydroxyl groups is 1. The predicted molar refractivity (Wildman–Crippen MR) is 107 cm³/mol. The van der Waals surface area contributed by atoms with Crippen molar-refractivity contribution in [1.82, 2.24) is 9.78 Å². The Balaban J connectivity index is 1.94. The monoisotopic (exact) mass is 440 g/mol. The summed E-state index contributed by atoms with van der Waals surface area (Å²) in [6.07, 6.45) is -3.26. The number of aromatic nitrogens is 2. The number of benzene rings is 1. The summed E-state index contributed by atoms with van der Waals surface area (Å²) in [7, 11) is 0. The summed E-state index contributed by atoms with van der Waals surface area (Å²) in [5, 5.41) is 13.2. The molecule has 0 radical (unpaired) electrons. The molecule has 11 heteroatoms. The van der Waals surface area contributed by atoms with Crippen molar-refractivity contribution >= 4 is 23.4 Å². The van der Waals surface area contributed by atoms with Gasteiger partial charge >= 0.3 is 12.3 Å². The number of carbonyl (C=O) groups is 2. The molecule has 0 bridgehead atoms. The van der Waals surface area contributed by atoms with Crippen LogP contribution in [-0.2, 0) is 16.1 Å². The van der Waals surface area contributed by atoms with E-state index in [-0.39, 0.29) is 19.1 Å². The summed E-state index contributed by atoms with van der Waals surface area (Å²) in [6, 6.07) is 4.72. The molecule has 1 aromatic heterocycles. The van der Waals surface area contributed by atoms with E-state index in [2.05, 4.69) is 5.10 Å². The molecular weight excluding hydrogens is 417 g/mol. The highest BCUT2D eigenvalue weighted by molar-refractivity contribution is 6.03. The van der Waals surface area contributed by atoms with Gasteiger partial charge in [0.2, 0.25) is 5.91 Å². The van der Waals surface area contributed by atoms with Crippen molar-refractivity contribution in [2.75, 3.05) is 29.6 Å². The molecule has 2 heterocycles. The molecule has 2 amide bonds. The van der Waals surface area contributed by atoms with Crippen molar-refractivity contribution in [3.63, 3.8) is 0 Å². The van der Waals surface area contributed by atoms with Gasteiger partial charge in [0.15, 0.2) is 0 Å². The summed E-state index contributed by atoms with van der Waals surface area (Å²) < 4.78 is 43.7. The molecule has 3 rings (SSSR count). The molecule has 0 spiro atoms. The first kappa shape index (κ1) is 22.6. The maximum Gasteiger partial charge on any atom is 0.414 e. The van der Waals surface area contributed by atoms with Gasteiger partial charge in [0.1, 0.15) is 6.61 Å². The van der Waals surface area contributed by atoms with E-state index < -0.39 is 31.3 Å². The number of ether oxygens (including phenoxy) is 1. The van der Waals surface area contributed by atoms with E-state index in [4.69, 9.17) is 9.84 Å². The van der Waals surface area contributed by atoms with Crippen LogP contribution in [0, 0.1) is 0 Å². The zero-order chi connectivity index (χ0) is 22.8. The fourth-order valence-electron chi connectivity index (χ4n) is 3.53. The largest absolute Gasteiger partial charge is 0.449 e. The Morgan fingerprint density at radius 1 is 1.26 bits per heavy atom. The number of amides is 2. The quantitative estimate of drug-likeness (QED) is 0.772. The van der Waals surface area contributed by atoms with E-state index in [1.165, 1.54) is 16.7 Å². The van der Waals surface area contributed by atoms with Crippen LogP contribution in [0.5, 0.6) is 0 Å². The van der Waals surface area contributed by atoms with Crippen molar-refractivity contribution in [2.24, 2.45) is 0 Å².